The zero-order valence-electron chi connectivity index (χ0n) is 11.8. The first-order chi connectivity index (χ1) is 10.1. The molecule has 5 nitrogen and oxygen atoms in total. The van der Waals surface area contributed by atoms with Crippen LogP contribution >= 0.6 is 0 Å². The zero-order chi connectivity index (χ0) is 14.9. The fourth-order valence-corrected chi connectivity index (χ4v) is 2.49. The van der Waals surface area contributed by atoms with E-state index < -0.39 is 11.6 Å². The fourth-order valence-electron chi connectivity index (χ4n) is 2.49. The second-order valence-electron chi connectivity index (χ2n) is 5.16. The minimum Gasteiger partial charge on any atom is -0.478 e. The third kappa shape index (κ3) is 2.39. The number of ether oxygens (including phenoxy) is 2. The second kappa shape index (κ2) is 5.24. The molecule has 0 amide bonds. The molecule has 0 bridgehead atoms. The van der Waals surface area contributed by atoms with Crippen molar-refractivity contribution in [3.63, 3.8) is 0 Å². The van der Waals surface area contributed by atoms with Crippen LogP contribution in [0.3, 0.4) is 0 Å². The molecule has 1 fully saturated rings. The number of nitrogens with zero attached hydrogens (tertiary/aromatic N) is 1. The van der Waals surface area contributed by atoms with E-state index in [1.807, 2.05) is 31.2 Å². The van der Waals surface area contributed by atoms with Crippen molar-refractivity contribution in [1.29, 1.82) is 0 Å². The van der Waals surface area contributed by atoms with Gasteiger partial charge < -0.3 is 14.6 Å². The first kappa shape index (κ1) is 13.7. The zero-order valence-corrected chi connectivity index (χ0v) is 11.8. The fraction of sp³-hybridized carbons (Fsp3) is 0.375. The normalized spacial score (nSPS) is 16.2. The molecule has 3 rings (SSSR count). The summed E-state index contributed by atoms with van der Waals surface area (Å²) in [6.07, 6.45) is 1.93. The Labute approximate surface area is 122 Å². The van der Waals surface area contributed by atoms with E-state index in [0.717, 1.165) is 17.3 Å². The summed E-state index contributed by atoms with van der Waals surface area (Å²) in [6, 6.07) is 9.17. The van der Waals surface area contributed by atoms with Crippen LogP contribution in [0.25, 0.3) is 10.9 Å². The van der Waals surface area contributed by atoms with Crippen LogP contribution in [-0.2, 0) is 4.79 Å². The van der Waals surface area contributed by atoms with Gasteiger partial charge in [0.1, 0.15) is 5.75 Å². The van der Waals surface area contributed by atoms with Crippen LogP contribution in [0.4, 0.5) is 0 Å². The van der Waals surface area contributed by atoms with Crippen molar-refractivity contribution < 1.29 is 19.4 Å². The Bertz CT molecular complexity index is 679. The standard InChI is InChI=1S/C16H17NO4/c1-2-20-14-10-13(11-6-3-4-7-12(11)17-14)21-16(15(18)19)8-5-9-16/h3-4,6-7,10H,2,5,8-9H2,1H3,(H,18,19). The number of para-hydroxylation sites is 1. The molecule has 110 valence electrons. The summed E-state index contributed by atoms with van der Waals surface area (Å²) in [5, 5.41) is 10.2. The topological polar surface area (TPSA) is 68.7 Å². The lowest BCUT2D eigenvalue weighted by atomic mass is 9.80. The summed E-state index contributed by atoms with van der Waals surface area (Å²) in [5.74, 6) is 0.0600. The number of carbonyl (C=O) groups is 1. The van der Waals surface area contributed by atoms with Gasteiger partial charge in [0.25, 0.3) is 0 Å². The van der Waals surface area contributed by atoms with Crippen molar-refractivity contribution in [2.45, 2.75) is 31.8 Å². The van der Waals surface area contributed by atoms with Crippen molar-refractivity contribution in [2.75, 3.05) is 6.61 Å². The molecule has 1 heterocycles. The number of fused-ring (bicyclic) bond motifs is 1. The molecular weight excluding hydrogens is 270 g/mol. The molecule has 2 aromatic rings. The third-order valence-electron chi connectivity index (χ3n) is 3.80. The summed E-state index contributed by atoms with van der Waals surface area (Å²) in [4.78, 5) is 15.9. The number of carboxylic acid groups (broad SMARTS) is 1. The summed E-state index contributed by atoms with van der Waals surface area (Å²) in [6.45, 7) is 2.37. The van der Waals surface area contributed by atoms with Crippen LogP contribution < -0.4 is 9.47 Å². The lowest BCUT2D eigenvalue weighted by Crippen LogP contribution is -2.50. The Balaban J connectivity index is 2.05. The van der Waals surface area contributed by atoms with Gasteiger partial charge in [0.15, 0.2) is 0 Å². The molecule has 0 radical (unpaired) electrons. The number of hydrogen-bond donors (Lipinski definition) is 1. The van der Waals surface area contributed by atoms with Crippen LogP contribution in [0.5, 0.6) is 11.6 Å². The Morgan fingerprint density at radius 2 is 2.14 bits per heavy atom. The average Bonchev–Trinajstić information content (AvgIpc) is 2.42. The van der Waals surface area contributed by atoms with Gasteiger partial charge in [0.2, 0.25) is 11.5 Å². The van der Waals surface area contributed by atoms with E-state index >= 15 is 0 Å². The van der Waals surface area contributed by atoms with Gasteiger partial charge in [0.05, 0.1) is 12.1 Å². The predicted octanol–water partition coefficient (Wildman–Crippen LogP) is 3.02. The maximum atomic E-state index is 11.5. The average molecular weight is 287 g/mol. The van der Waals surface area contributed by atoms with Crippen molar-refractivity contribution in [1.82, 2.24) is 4.98 Å². The van der Waals surface area contributed by atoms with Gasteiger partial charge >= 0.3 is 5.97 Å². The van der Waals surface area contributed by atoms with Gasteiger partial charge in [-0.3, -0.25) is 0 Å². The molecule has 1 aromatic heterocycles. The molecule has 1 aliphatic carbocycles. The molecule has 5 heteroatoms. The van der Waals surface area contributed by atoms with Crippen LogP contribution in [0, 0.1) is 0 Å². The van der Waals surface area contributed by atoms with Crippen molar-refractivity contribution in [2.24, 2.45) is 0 Å². The first-order valence-electron chi connectivity index (χ1n) is 7.09. The molecule has 0 spiro atoms. The molecule has 0 unspecified atom stereocenters. The molecule has 0 saturated heterocycles. The molecule has 1 aliphatic rings. The van der Waals surface area contributed by atoms with E-state index in [9.17, 15) is 9.90 Å². The highest BCUT2D eigenvalue weighted by Gasteiger charge is 2.47. The van der Waals surface area contributed by atoms with Crippen molar-refractivity contribution in [3.05, 3.63) is 30.3 Å². The SMILES string of the molecule is CCOc1cc(OC2(C(=O)O)CCC2)c2ccccc2n1. The van der Waals surface area contributed by atoms with Crippen LogP contribution in [-0.4, -0.2) is 28.3 Å². The number of benzene rings is 1. The van der Waals surface area contributed by atoms with Crippen molar-refractivity contribution >= 4 is 16.9 Å². The Morgan fingerprint density at radius 3 is 2.76 bits per heavy atom. The monoisotopic (exact) mass is 287 g/mol. The highest BCUT2D eigenvalue weighted by atomic mass is 16.5. The van der Waals surface area contributed by atoms with E-state index in [0.29, 0.717) is 31.1 Å². The van der Waals surface area contributed by atoms with Gasteiger partial charge in [-0.25, -0.2) is 9.78 Å². The smallest absolute Gasteiger partial charge is 0.348 e. The van der Waals surface area contributed by atoms with E-state index in [2.05, 4.69) is 4.98 Å². The summed E-state index contributed by atoms with van der Waals surface area (Å²) < 4.78 is 11.3. The molecule has 0 aliphatic heterocycles. The molecule has 0 atom stereocenters. The van der Waals surface area contributed by atoms with E-state index in [1.165, 1.54) is 0 Å². The number of carboxylic acids is 1. The lowest BCUT2D eigenvalue weighted by Gasteiger charge is -2.37. The number of aliphatic carboxylic acids is 1. The quantitative estimate of drug-likeness (QED) is 0.915. The molecule has 1 saturated carbocycles. The number of hydrogen-bond acceptors (Lipinski definition) is 4. The van der Waals surface area contributed by atoms with E-state index in [1.54, 1.807) is 6.07 Å². The number of rotatable bonds is 5. The summed E-state index contributed by atoms with van der Waals surface area (Å²) >= 11 is 0. The summed E-state index contributed by atoms with van der Waals surface area (Å²) in [7, 11) is 0. The van der Waals surface area contributed by atoms with Gasteiger partial charge in [0, 0.05) is 11.5 Å². The molecular formula is C16H17NO4. The van der Waals surface area contributed by atoms with Gasteiger partial charge in [-0.15, -0.1) is 0 Å². The van der Waals surface area contributed by atoms with Gasteiger partial charge in [-0.1, -0.05) is 12.1 Å². The minimum atomic E-state index is -1.10. The van der Waals surface area contributed by atoms with Crippen LogP contribution in [0.2, 0.25) is 0 Å². The predicted molar refractivity (Wildman–Crippen MR) is 77.8 cm³/mol. The molecule has 21 heavy (non-hydrogen) atoms. The number of aromatic nitrogens is 1. The largest absolute Gasteiger partial charge is 0.478 e. The third-order valence-corrected chi connectivity index (χ3v) is 3.80. The lowest BCUT2D eigenvalue weighted by molar-refractivity contribution is -0.163. The molecule has 1 aromatic carbocycles. The maximum absolute atomic E-state index is 11.5. The minimum absolute atomic E-state index is 0.450. The Morgan fingerprint density at radius 1 is 1.38 bits per heavy atom. The number of pyridine rings is 1. The molecule has 1 N–H and O–H groups in total. The summed E-state index contributed by atoms with van der Waals surface area (Å²) in [5.41, 5.74) is -0.369. The van der Waals surface area contributed by atoms with Gasteiger partial charge in [-0.2, -0.15) is 0 Å². The highest BCUT2D eigenvalue weighted by Crippen LogP contribution is 2.40. The highest BCUT2D eigenvalue weighted by molar-refractivity contribution is 5.87. The Hall–Kier alpha value is -2.30. The van der Waals surface area contributed by atoms with E-state index in [-0.39, 0.29) is 0 Å². The maximum Gasteiger partial charge on any atom is 0.348 e. The van der Waals surface area contributed by atoms with Gasteiger partial charge in [-0.05, 0) is 38.3 Å². The first-order valence-corrected chi connectivity index (χ1v) is 7.09. The van der Waals surface area contributed by atoms with Crippen molar-refractivity contribution in [3.8, 4) is 11.6 Å². The van der Waals surface area contributed by atoms with Crippen LogP contribution in [0.15, 0.2) is 30.3 Å². The van der Waals surface area contributed by atoms with Crippen LogP contribution in [0.1, 0.15) is 26.2 Å². The second-order valence-corrected chi connectivity index (χ2v) is 5.16. The Kier molecular flexibility index (Phi) is 3.41. The van der Waals surface area contributed by atoms with E-state index in [4.69, 9.17) is 9.47 Å².